The Labute approximate surface area is 193 Å². The van der Waals surface area contributed by atoms with Crippen LogP contribution in [0.3, 0.4) is 0 Å². The molecule has 31 heavy (non-hydrogen) atoms. The topological polar surface area (TPSA) is 34.5 Å². The van der Waals surface area contributed by atoms with Gasteiger partial charge in [-0.15, -0.1) is 17.0 Å². The molecule has 2 aliphatic rings. The first-order chi connectivity index (χ1) is 14.4. The van der Waals surface area contributed by atoms with Crippen LogP contribution in [0.25, 0.3) is 10.9 Å². The largest absolute Gasteiger partial charge is 0.462 e. The van der Waals surface area contributed by atoms with E-state index in [0.717, 1.165) is 19.4 Å². The minimum Gasteiger partial charge on any atom is -0.462 e. The van der Waals surface area contributed by atoms with Crippen LogP contribution >= 0.6 is 17.0 Å². The Balaban J connectivity index is 0.00000272. The molecule has 2 heterocycles. The second kappa shape index (κ2) is 9.99. The highest BCUT2D eigenvalue weighted by atomic mass is 79.9. The lowest BCUT2D eigenvalue weighted by molar-refractivity contribution is -0.153. The number of benzene rings is 1. The zero-order chi connectivity index (χ0) is 21.4. The Kier molecular flexibility index (Phi) is 7.79. The fourth-order valence-electron chi connectivity index (χ4n) is 5.41. The number of halogens is 3. The summed E-state index contributed by atoms with van der Waals surface area (Å²) in [4.78, 5) is 15.1. The number of likely N-dealkylation sites (tertiary alicyclic amines) is 1. The highest BCUT2D eigenvalue weighted by Gasteiger charge is 2.43. The third-order valence-corrected chi connectivity index (χ3v) is 6.70. The van der Waals surface area contributed by atoms with Gasteiger partial charge in [-0.05, 0) is 56.8 Å². The number of rotatable bonds is 7. The monoisotopic (exact) mass is 498 g/mol. The molecule has 1 aliphatic carbocycles. The molecule has 1 aromatic carbocycles. The zero-order valence-corrected chi connectivity index (χ0v) is 20.2. The Morgan fingerprint density at radius 3 is 2.77 bits per heavy atom. The predicted octanol–water partition coefficient (Wildman–Crippen LogP) is 5.39. The van der Waals surface area contributed by atoms with Crippen molar-refractivity contribution in [3.63, 3.8) is 0 Å². The van der Waals surface area contributed by atoms with Gasteiger partial charge in [-0.1, -0.05) is 19.1 Å². The molecule has 4 nitrogen and oxygen atoms in total. The van der Waals surface area contributed by atoms with Gasteiger partial charge in [0.2, 0.25) is 0 Å². The molecule has 0 spiro atoms. The van der Waals surface area contributed by atoms with E-state index in [1.165, 1.54) is 22.0 Å². The van der Waals surface area contributed by atoms with E-state index >= 15 is 0 Å². The average Bonchev–Trinajstić information content (AvgIpc) is 3.12. The van der Waals surface area contributed by atoms with Crippen LogP contribution in [0.2, 0.25) is 0 Å². The van der Waals surface area contributed by atoms with Crippen LogP contribution in [0.1, 0.15) is 56.7 Å². The fraction of sp³-hybridized carbons (Fsp3) is 0.625. The van der Waals surface area contributed by atoms with Crippen LogP contribution in [-0.2, 0) is 16.0 Å². The van der Waals surface area contributed by atoms with Gasteiger partial charge in [0.05, 0.1) is 5.92 Å². The van der Waals surface area contributed by atoms with Crippen LogP contribution in [0.4, 0.5) is 8.78 Å². The SMILES string of the molecule is Br.CCCN1C[C@H](C(=O)OCC(F)CF)C[C@@H]2c3cccc4c3c(cn4C(C)C)C[C@H]21. The summed E-state index contributed by atoms with van der Waals surface area (Å²) in [7, 11) is 0. The van der Waals surface area contributed by atoms with Gasteiger partial charge in [0, 0.05) is 41.6 Å². The summed E-state index contributed by atoms with van der Waals surface area (Å²) < 4.78 is 33.1. The molecule has 0 bridgehead atoms. The van der Waals surface area contributed by atoms with Gasteiger partial charge in [-0.3, -0.25) is 9.69 Å². The number of carbonyl (C=O) groups excluding carboxylic acids is 1. The van der Waals surface area contributed by atoms with Gasteiger partial charge in [0.25, 0.3) is 0 Å². The van der Waals surface area contributed by atoms with E-state index in [4.69, 9.17) is 4.74 Å². The number of piperidine rings is 1. The second-order valence-electron chi connectivity index (χ2n) is 9.08. The third-order valence-electron chi connectivity index (χ3n) is 6.70. The highest BCUT2D eigenvalue weighted by molar-refractivity contribution is 8.93. The summed E-state index contributed by atoms with van der Waals surface area (Å²) in [6.07, 6.45) is 3.25. The van der Waals surface area contributed by atoms with E-state index in [1.54, 1.807) is 0 Å². The lowest BCUT2D eigenvalue weighted by Gasteiger charge is -2.46. The first-order valence-electron chi connectivity index (χ1n) is 11.2. The van der Waals surface area contributed by atoms with Crippen molar-refractivity contribution in [1.82, 2.24) is 9.47 Å². The standard InChI is InChI=1S/C24H32F2N2O2.BrH/c1-4-8-27-12-17(24(29)30-14-18(26)11-25)9-20-19-6-5-7-21-23(19)16(10-22(20)27)13-28(21)15(2)3;/h5-7,13,15,17-18,20,22H,4,8-12,14H2,1-3H3;1H/t17-,18?,20-,22-;/m1./s1. The van der Waals surface area contributed by atoms with Crippen LogP contribution in [-0.4, -0.2) is 54.0 Å². The van der Waals surface area contributed by atoms with Crippen molar-refractivity contribution in [3.05, 3.63) is 35.5 Å². The number of carbonyl (C=O) groups is 1. The quantitative estimate of drug-likeness (QED) is 0.479. The Bertz CT molecular complexity index is 916. The van der Waals surface area contributed by atoms with Crippen molar-refractivity contribution in [2.45, 2.75) is 64.2 Å². The molecule has 4 rings (SSSR count). The van der Waals surface area contributed by atoms with Crippen molar-refractivity contribution in [2.75, 3.05) is 26.4 Å². The number of ether oxygens (including phenoxy) is 1. The minimum absolute atomic E-state index is 0. The number of aromatic nitrogens is 1. The molecule has 4 atom stereocenters. The summed E-state index contributed by atoms with van der Waals surface area (Å²) in [5.74, 6) is -0.471. The molecule has 0 amide bonds. The molecule has 0 saturated carbocycles. The maximum absolute atomic E-state index is 13.2. The van der Waals surface area contributed by atoms with E-state index < -0.39 is 25.4 Å². The summed E-state index contributed by atoms with van der Waals surface area (Å²) >= 11 is 0. The van der Waals surface area contributed by atoms with Gasteiger partial charge in [0.1, 0.15) is 13.3 Å². The van der Waals surface area contributed by atoms with Gasteiger partial charge in [-0.25, -0.2) is 8.78 Å². The van der Waals surface area contributed by atoms with Gasteiger partial charge >= 0.3 is 5.97 Å². The van der Waals surface area contributed by atoms with Crippen molar-refractivity contribution in [1.29, 1.82) is 0 Å². The molecule has 1 unspecified atom stereocenters. The molecule has 172 valence electrons. The minimum atomic E-state index is -1.74. The molecule has 1 aliphatic heterocycles. The molecular formula is C24H33BrF2N2O2. The number of hydrogen-bond donors (Lipinski definition) is 0. The van der Waals surface area contributed by atoms with Crippen LogP contribution in [0, 0.1) is 5.92 Å². The maximum Gasteiger partial charge on any atom is 0.310 e. The zero-order valence-electron chi connectivity index (χ0n) is 18.5. The Morgan fingerprint density at radius 1 is 1.32 bits per heavy atom. The molecule has 1 saturated heterocycles. The molecule has 0 radical (unpaired) electrons. The van der Waals surface area contributed by atoms with Crippen molar-refractivity contribution < 1.29 is 18.3 Å². The number of fused-ring (bicyclic) bond motifs is 2. The molecular weight excluding hydrogens is 466 g/mol. The summed E-state index contributed by atoms with van der Waals surface area (Å²) in [6, 6.07) is 7.24. The normalized spacial score (nSPS) is 24.0. The third kappa shape index (κ3) is 4.54. The number of alkyl halides is 2. The first kappa shape index (κ1) is 24.2. The van der Waals surface area contributed by atoms with E-state index in [2.05, 4.69) is 54.6 Å². The summed E-state index contributed by atoms with van der Waals surface area (Å²) in [6.45, 7) is 6.47. The van der Waals surface area contributed by atoms with Crippen molar-refractivity contribution >= 4 is 33.9 Å². The van der Waals surface area contributed by atoms with Crippen molar-refractivity contribution in [2.24, 2.45) is 5.92 Å². The van der Waals surface area contributed by atoms with Gasteiger partial charge in [-0.2, -0.15) is 0 Å². The predicted molar refractivity (Wildman–Crippen MR) is 125 cm³/mol. The highest BCUT2D eigenvalue weighted by Crippen LogP contribution is 2.46. The summed E-state index contributed by atoms with van der Waals surface area (Å²) in [5.41, 5.74) is 3.95. The average molecular weight is 499 g/mol. The van der Waals surface area contributed by atoms with E-state index in [-0.39, 0.29) is 28.8 Å². The smallest absolute Gasteiger partial charge is 0.310 e. The number of esters is 1. The van der Waals surface area contributed by atoms with E-state index in [1.807, 2.05) is 0 Å². The fourth-order valence-corrected chi connectivity index (χ4v) is 5.41. The Morgan fingerprint density at radius 2 is 2.10 bits per heavy atom. The maximum atomic E-state index is 13.2. The molecule has 7 heteroatoms. The molecule has 1 fully saturated rings. The lowest BCUT2D eigenvalue weighted by atomic mass is 9.72. The lowest BCUT2D eigenvalue weighted by Crippen LogP contribution is -2.52. The van der Waals surface area contributed by atoms with E-state index in [9.17, 15) is 13.6 Å². The number of hydrogen-bond acceptors (Lipinski definition) is 3. The molecule has 0 N–H and O–H groups in total. The summed E-state index contributed by atoms with van der Waals surface area (Å²) in [5, 5.41) is 1.33. The van der Waals surface area contributed by atoms with E-state index in [0.29, 0.717) is 25.0 Å². The van der Waals surface area contributed by atoms with Crippen LogP contribution in [0.5, 0.6) is 0 Å². The molecule has 2 aromatic rings. The van der Waals surface area contributed by atoms with Crippen LogP contribution in [0.15, 0.2) is 24.4 Å². The van der Waals surface area contributed by atoms with Gasteiger partial charge in [0.15, 0.2) is 6.17 Å². The first-order valence-corrected chi connectivity index (χ1v) is 11.2. The van der Waals surface area contributed by atoms with Gasteiger partial charge < -0.3 is 9.30 Å². The van der Waals surface area contributed by atoms with Crippen molar-refractivity contribution in [3.8, 4) is 0 Å². The molecule has 1 aromatic heterocycles. The second-order valence-corrected chi connectivity index (χ2v) is 9.08. The number of nitrogens with zero attached hydrogens (tertiary/aromatic N) is 2. The van der Waals surface area contributed by atoms with Crippen LogP contribution < -0.4 is 0 Å². The Hall–Kier alpha value is -1.47.